The molecule has 1 heterocycles. The van der Waals surface area contributed by atoms with E-state index in [9.17, 15) is 18.0 Å². The zero-order valence-corrected chi connectivity index (χ0v) is 15.7. The third-order valence-electron chi connectivity index (χ3n) is 3.92. The van der Waals surface area contributed by atoms with Gasteiger partial charge in [0.15, 0.2) is 0 Å². The van der Waals surface area contributed by atoms with Crippen LogP contribution in [0.5, 0.6) is 5.75 Å². The molecule has 1 aliphatic rings. The standard InChI is InChI=1S/C16H22N2O7S/c1-11(16(20)24-3)17-15(19)12-4-5-13(23-2)14(10-12)26(21,22)18-6-8-25-9-7-18/h4-5,10-11H,6-9H2,1-3H3,(H,17,19)/t11-/m0/s1. The number of nitrogens with one attached hydrogen (secondary N) is 1. The van der Waals surface area contributed by atoms with Crippen LogP contribution in [0.3, 0.4) is 0 Å². The van der Waals surface area contributed by atoms with Crippen molar-refractivity contribution in [1.82, 2.24) is 9.62 Å². The third-order valence-corrected chi connectivity index (χ3v) is 5.84. The van der Waals surface area contributed by atoms with E-state index in [1.165, 1.54) is 43.6 Å². The van der Waals surface area contributed by atoms with E-state index >= 15 is 0 Å². The lowest BCUT2D eigenvalue weighted by molar-refractivity contribution is -0.142. The molecule has 0 saturated carbocycles. The van der Waals surface area contributed by atoms with Crippen molar-refractivity contribution in [3.63, 3.8) is 0 Å². The van der Waals surface area contributed by atoms with Crippen molar-refractivity contribution in [3.8, 4) is 5.75 Å². The number of hydrogen-bond acceptors (Lipinski definition) is 7. The summed E-state index contributed by atoms with van der Waals surface area (Å²) in [5, 5.41) is 2.46. The molecule has 0 radical (unpaired) electrons. The largest absolute Gasteiger partial charge is 0.495 e. The third kappa shape index (κ3) is 4.32. The fraction of sp³-hybridized carbons (Fsp3) is 0.500. The maximum atomic E-state index is 12.9. The molecule has 0 aromatic heterocycles. The number of ether oxygens (including phenoxy) is 3. The zero-order chi connectivity index (χ0) is 19.3. The molecule has 0 bridgehead atoms. The topological polar surface area (TPSA) is 111 Å². The summed E-state index contributed by atoms with van der Waals surface area (Å²) in [7, 11) is -1.29. The van der Waals surface area contributed by atoms with Gasteiger partial charge in [0.1, 0.15) is 16.7 Å². The zero-order valence-electron chi connectivity index (χ0n) is 14.9. The number of nitrogens with zero attached hydrogens (tertiary/aromatic N) is 1. The van der Waals surface area contributed by atoms with Gasteiger partial charge in [-0.3, -0.25) is 4.79 Å². The van der Waals surface area contributed by atoms with Gasteiger partial charge in [0.2, 0.25) is 10.0 Å². The van der Waals surface area contributed by atoms with Gasteiger partial charge in [0.25, 0.3) is 5.91 Å². The summed E-state index contributed by atoms with van der Waals surface area (Å²) >= 11 is 0. The summed E-state index contributed by atoms with van der Waals surface area (Å²) in [6.45, 7) is 2.53. The van der Waals surface area contributed by atoms with E-state index < -0.39 is 27.9 Å². The molecule has 1 saturated heterocycles. The molecule has 0 spiro atoms. The van der Waals surface area contributed by atoms with Gasteiger partial charge >= 0.3 is 5.97 Å². The second-order valence-electron chi connectivity index (χ2n) is 5.60. The minimum atomic E-state index is -3.85. The van der Waals surface area contributed by atoms with Crippen molar-refractivity contribution in [2.75, 3.05) is 40.5 Å². The molecule has 9 nitrogen and oxygen atoms in total. The second-order valence-corrected chi connectivity index (χ2v) is 7.51. The first-order chi connectivity index (χ1) is 12.3. The Bertz CT molecular complexity index is 773. The molecule has 10 heteroatoms. The van der Waals surface area contributed by atoms with E-state index in [0.717, 1.165) is 0 Å². The lowest BCUT2D eigenvalue weighted by Gasteiger charge is -2.26. The van der Waals surface area contributed by atoms with Crippen molar-refractivity contribution < 1.29 is 32.2 Å². The van der Waals surface area contributed by atoms with Gasteiger partial charge in [0.05, 0.1) is 27.4 Å². The Morgan fingerprint density at radius 2 is 1.88 bits per heavy atom. The van der Waals surface area contributed by atoms with Crippen LogP contribution in [0.4, 0.5) is 0 Å². The van der Waals surface area contributed by atoms with Crippen molar-refractivity contribution in [3.05, 3.63) is 23.8 Å². The number of carbonyl (C=O) groups is 2. The van der Waals surface area contributed by atoms with E-state index in [-0.39, 0.29) is 29.3 Å². The lowest BCUT2D eigenvalue weighted by atomic mass is 10.2. The van der Waals surface area contributed by atoms with E-state index in [0.29, 0.717) is 13.2 Å². The van der Waals surface area contributed by atoms with Gasteiger partial charge in [-0.1, -0.05) is 0 Å². The number of hydrogen-bond donors (Lipinski definition) is 1. The summed E-state index contributed by atoms with van der Waals surface area (Å²) in [5.41, 5.74) is 0.0911. The number of carbonyl (C=O) groups excluding carboxylic acids is 2. The van der Waals surface area contributed by atoms with Crippen LogP contribution in [-0.2, 0) is 24.3 Å². The van der Waals surface area contributed by atoms with Crippen LogP contribution in [0.1, 0.15) is 17.3 Å². The van der Waals surface area contributed by atoms with Gasteiger partial charge in [0, 0.05) is 18.7 Å². The number of methoxy groups -OCH3 is 2. The lowest BCUT2D eigenvalue weighted by Crippen LogP contribution is -2.41. The summed E-state index contributed by atoms with van der Waals surface area (Å²) in [6.07, 6.45) is 0. The minimum absolute atomic E-state index is 0.0911. The van der Waals surface area contributed by atoms with Crippen LogP contribution < -0.4 is 10.1 Å². The average Bonchev–Trinajstić information content (AvgIpc) is 2.67. The van der Waals surface area contributed by atoms with Crippen molar-refractivity contribution in [1.29, 1.82) is 0 Å². The van der Waals surface area contributed by atoms with Crippen LogP contribution in [0.25, 0.3) is 0 Å². The highest BCUT2D eigenvalue weighted by Crippen LogP contribution is 2.28. The highest BCUT2D eigenvalue weighted by atomic mass is 32.2. The van der Waals surface area contributed by atoms with Crippen LogP contribution in [0, 0.1) is 0 Å². The molecular weight excluding hydrogens is 364 g/mol. The summed E-state index contributed by atoms with van der Waals surface area (Å²) in [5.74, 6) is -1.06. The van der Waals surface area contributed by atoms with E-state index in [1.807, 2.05) is 0 Å². The molecule has 1 aliphatic heterocycles. The molecule has 2 rings (SSSR count). The van der Waals surface area contributed by atoms with Crippen LogP contribution in [0.15, 0.2) is 23.1 Å². The fourth-order valence-corrected chi connectivity index (χ4v) is 4.05. The van der Waals surface area contributed by atoms with Gasteiger partial charge in [-0.15, -0.1) is 0 Å². The molecule has 1 aromatic carbocycles. The summed E-state index contributed by atoms with van der Waals surface area (Å²) in [6, 6.07) is 3.21. The summed E-state index contributed by atoms with van der Waals surface area (Å²) < 4.78 is 42.0. The molecule has 26 heavy (non-hydrogen) atoms. The Morgan fingerprint density at radius 1 is 1.23 bits per heavy atom. The Balaban J connectivity index is 2.33. The number of benzene rings is 1. The van der Waals surface area contributed by atoms with Gasteiger partial charge in [-0.05, 0) is 25.1 Å². The van der Waals surface area contributed by atoms with Crippen LogP contribution in [0.2, 0.25) is 0 Å². The van der Waals surface area contributed by atoms with Crippen molar-refractivity contribution >= 4 is 21.9 Å². The number of morpholine rings is 1. The molecule has 1 amide bonds. The Labute approximate surface area is 152 Å². The quantitative estimate of drug-likeness (QED) is 0.686. The Hall–Kier alpha value is -2.17. The predicted molar refractivity (Wildman–Crippen MR) is 91.5 cm³/mol. The molecule has 1 atom stereocenters. The number of esters is 1. The first-order valence-corrected chi connectivity index (χ1v) is 9.40. The Morgan fingerprint density at radius 3 is 2.46 bits per heavy atom. The highest BCUT2D eigenvalue weighted by Gasteiger charge is 2.30. The fourth-order valence-electron chi connectivity index (χ4n) is 2.46. The van der Waals surface area contributed by atoms with Crippen molar-refractivity contribution in [2.24, 2.45) is 0 Å². The normalized spacial score (nSPS) is 16.6. The number of sulfonamides is 1. The first kappa shape index (κ1) is 20.1. The molecule has 144 valence electrons. The SMILES string of the molecule is COC(=O)[C@H](C)NC(=O)c1ccc(OC)c(S(=O)(=O)N2CCOCC2)c1. The molecule has 1 fully saturated rings. The smallest absolute Gasteiger partial charge is 0.328 e. The average molecular weight is 386 g/mol. The molecule has 0 unspecified atom stereocenters. The van der Waals surface area contributed by atoms with Crippen LogP contribution in [-0.4, -0.2) is 71.2 Å². The second kappa shape index (κ2) is 8.47. The predicted octanol–water partition coefficient (Wildman–Crippen LogP) is 0.00740. The highest BCUT2D eigenvalue weighted by molar-refractivity contribution is 7.89. The van der Waals surface area contributed by atoms with E-state index in [2.05, 4.69) is 10.1 Å². The van der Waals surface area contributed by atoms with E-state index in [4.69, 9.17) is 9.47 Å². The monoisotopic (exact) mass is 386 g/mol. The first-order valence-electron chi connectivity index (χ1n) is 7.96. The Kier molecular flexibility index (Phi) is 6.57. The van der Waals surface area contributed by atoms with E-state index in [1.54, 1.807) is 0 Å². The molecule has 1 aromatic rings. The van der Waals surface area contributed by atoms with Crippen LogP contribution >= 0.6 is 0 Å². The van der Waals surface area contributed by atoms with Gasteiger partial charge in [-0.25, -0.2) is 13.2 Å². The number of amides is 1. The maximum Gasteiger partial charge on any atom is 0.328 e. The maximum absolute atomic E-state index is 12.9. The summed E-state index contributed by atoms with van der Waals surface area (Å²) in [4.78, 5) is 23.7. The van der Waals surface area contributed by atoms with Gasteiger partial charge < -0.3 is 19.5 Å². The molecular formula is C16H22N2O7S. The van der Waals surface area contributed by atoms with Gasteiger partial charge in [-0.2, -0.15) is 4.31 Å². The van der Waals surface area contributed by atoms with Crippen molar-refractivity contribution in [2.45, 2.75) is 17.9 Å². The molecule has 0 aliphatic carbocycles. The number of rotatable bonds is 6. The minimum Gasteiger partial charge on any atom is -0.495 e. The molecule has 1 N–H and O–H groups in total.